The van der Waals surface area contributed by atoms with E-state index in [4.69, 9.17) is 4.74 Å². The second-order valence-electron chi connectivity index (χ2n) is 4.62. The molecule has 2 atom stereocenters. The Morgan fingerprint density at radius 1 is 1.44 bits per heavy atom. The van der Waals surface area contributed by atoms with Crippen molar-refractivity contribution in [3.05, 3.63) is 39.9 Å². The van der Waals surface area contributed by atoms with Crippen LogP contribution in [0.4, 0.5) is 5.69 Å². The van der Waals surface area contributed by atoms with Crippen molar-refractivity contribution in [2.24, 2.45) is 0 Å². The van der Waals surface area contributed by atoms with Crippen LogP contribution in [0.1, 0.15) is 5.56 Å². The van der Waals surface area contributed by atoms with Crippen molar-refractivity contribution in [3.63, 3.8) is 0 Å². The number of anilines is 1. The summed E-state index contributed by atoms with van der Waals surface area (Å²) in [5, 5.41) is 15.6. The number of hydrazine groups is 1. The summed E-state index contributed by atoms with van der Waals surface area (Å²) in [6, 6.07) is 7.36. The molecule has 0 radical (unpaired) electrons. The Balaban J connectivity index is 1.90. The minimum Gasteiger partial charge on any atom is -0.378 e. The van der Waals surface area contributed by atoms with Crippen molar-refractivity contribution in [2.45, 2.75) is 18.5 Å². The van der Waals surface area contributed by atoms with Gasteiger partial charge in [0.05, 0.1) is 19.3 Å². The van der Waals surface area contributed by atoms with Gasteiger partial charge in [0.15, 0.2) is 5.03 Å². The lowest BCUT2D eigenvalue weighted by Crippen LogP contribution is -2.56. The first-order valence-electron chi connectivity index (χ1n) is 6.10. The first-order chi connectivity index (χ1) is 8.77. The van der Waals surface area contributed by atoms with E-state index in [0.717, 1.165) is 12.1 Å². The van der Waals surface area contributed by atoms with Gasteiger partial charge in [-0.1, -0.05) is 23.2 Å². The molecule has 0 aliphatic carbocycles. The molecule has 0 amide bonds. The second-order valence-corrected chi connectivity index (χ2v) is 4.62. The van der Waals surface area contributed by atoms with E-state index in [2.05, 4.69) is 5.32 Å². The van der Waals surface area contributed by atoms with Crippen molar-refractivity contribution < 1.29 is 9.77 Å². The van der Waals surface area contributed by atoms with Crippen LogP contribution in [0.2, 0.25) is 0 Å². The van der Waals surface area contributed by atoms with Crippen LogP contribution in [0, 0.1) is 10.1 Å². The highest BCUT2D eigenvalue weighted by Crippen LogP contribution is 2.33. The number of morpholine rings is 1. The number of rotatable bonds is 2. The summed E-state index contributed by atoms with van der Waals surface area (Å²) < 4.78 is 5.41. The van der Waals surface area contributed by atoms with Crippen LogP contribution in [0.15, 0.2) is 24.3 Å². The summed E-state index contributed by atoms with van der Waals surface area (Å²) in [7, 11) is 0. The molecule has 3 rings (SSSR count). The topological polar surface area (TPSA) is 67.6 Å². The zero-order valence-electron chi connectivity index (χ0n) is 9.91. The van der Waals surface area contributed by atoms with Gasteiger partial charge in [-0.3, -0.25) is 0 Å². The minimum absolute atomic E-state index is 0.0107. The molecule has 1 aromatic rings. The van der Waals surface area contributed by atoms with E-state index in [1.165, 1.54) is 5.01 Å². The Bertz CT molecular complexity index is 460. The van der Waals surface area contributed by atoms with E-state index < -0.39 is 0 Å². The van der Waals surface area contributed by atoms with Crippen molar-refractivity contribution in [3.8, 4) is 0 Å². The highest BCUT2D eigenvalue weighted by Gasteiger charge is 2.42. The maximum Gasteiger partial charge on any atom is 0.165 e. The van der Waals surface area contributed by atoms with Crippen LogP contribution in [0.5, 0.6) is 0 Å². The number of hydrogen-bond acceptors (Lipinski definition) is 4. The summed E-state index contributed by atoms with van der Waals surface area (Å²) in [5.41, 5.74) is 1.74. The number of hydrogen-bond donors (Lipinski definition) is 1. The summed E-state index contributed by atoms with van der Waals surface area (Å²) in [5.74, 6) is 0. The van der Waals surface area contributed by atoms with E-state index >= 15 is 0 Å². The summed E-state index contributed by atoms with van der Waals surface area (Å²) >= 11 is 0. The third kappa shape index (κ3) is 1.83. The molecular formula is C12H15N3O3. The molecule has 0 saturated carbocycles. The molecule has 0 aromatic heterocycles. The molecule has 1 aromatic carbocycles. The van der Waals surface area contributed by atoms with Gasteiger partial charge in [-0.05, 0) is 11.6 Å². The number of nitro groups is 1. The predicted octanol–water partition coefficient (Wildman–Crippen LogP) is 0.598. The van der Waals surface area contributed by atoms with Crippen LogP contribution in [-0.2, 0) is 11.2 Å². The molecule has 2 unspecified atom stereocenters. The van der Waals surface area contributed by atoms with Crippen molar-refractivity contribution in [2.75, 3.05) is 24.8 Å². The van der Waals surface area contributed by atoms with E-state index in [9.17, 15) is 10.1 Å². The normalized spacial score (nSPS) is 27.0. The fourth-order valence-electron chi connectivity index (χ4n) is 2.75. The number of nitrogens with one attached hydrogen (secondary N) is 1. The summed E-state index contributed by atoms with van der Waals surface area (Å²) in [6.07, 6.45) is 0.693. The van der Waals surface area contributed by atoms with Crippen LogP contribution in [0.3, 0.4) is 0 Å². The zero-order chi connectivity index (χ0) is 12.5. The quantitative estimate of drug-likeness (QED) is 0.614. The van der Waals surface area contributed by atoms with Crippen LogP contribution < -0.4 is 10.3 Å². The molecule has 1 N–H and O–H groups in total. The molecule has 2 heterocycles. The first kappa shape index (κ1) is 11.4. The van der Waals surface area contributed by atoms with Gasteiger partial charge in [0.25, 0.3) is 0 Å². The van der Waals surface area contributed by atoms with Crippen LogP contribution in [-0.4, -0.2) is 36.9 Å². The van der Waals surface area contributed by atoms with Gasteiger partial charge in [0.1, 0.15) is 11.7 Å². The van der Waals surface area contributed by atoms with Gasteiger partial charge in [-0.2, -0.15) is 0 Å². The molecule has 0 bridgehead atoms. The number of nitrogens with zero attached hydrogens (tertiary/aromatic N) is 2. The molecule has 6 heteroatoms. The van der Waals surface area contributed by atoms with E-state index in [0.29, 0.717) is 25.3 Å². The number of benzene rings is 1. The third-order valence-corrected chi connectivity index (χ3v) is 3.57. The monoisotopic (exact) mass is 249 g/mol. The Kier molecular flexibility index (Phi) is 2.89. The van der Waals surface area contributed by atoms with Gasteiger partial charge in [0.2, 0.25) is 0 Å². The van der Waals surface area contributed by atoms with Gasteiger partial charge in [-0.25, -0.2) is 10.1 Å². The van der Waals surface area contributed by atoms with E-state index in [1.807, 2.05) is 24.3 Å². The standard InChI is InChI=1S/C12H15N3O3/c16-15(17)14-11-4-2-1-3-9(11)7-12(14)10-8-18-6-5-13-10/h1-4,10,12-13H,5-8H2. The third-order valence-electron chi connectivity index (χ3n) is 3.57. The number of fused-ring (bicyclic) bond motifs is 1. The fourth-order valence-corrected chi connectivity index (χ4v) is 2.75. The molecule has 0 spiro atoms. The predicted molar refractivity (Wildman–Crippen MR) is 66.0 cm³/mol. The Hall–Kier alpha value is -1.66. The minimum atomic E-state index is -0.313. The molecule has 2 aliphatic rings. The molecule has 18 heavy (non-hydrogen) atoms. The fraction of sp³-hybridized carbons (Fsp3) is 0.500. The lowest BCUT2D eigenvalue weighted by atomic mass is 10.0. The highest BCUT2D eigenvalue weighted by atomic mass is 16.7. The molecule has 2 aliphatic heterocycles. The Labute approximate surface area is 105 Å². The summed E-state index contributed by atoms with van der Waals surface area (Å²) in [6.45, 7) is 1.96. The zero-order valence-corrected chi connectivity index (χ0v) is 9.91. The molecule has 1 saturated heterocycles. The van der Waals surface area contributed by atoms with E-state index in [1.54, 1.807) is 0 Å². The van der Waals surface area contributed by atoms with Crippen molar-refractivity contribution >= 4 is 5.69 Å². The molecule has 1 fully saturated rings. The van der Waals surface area contributed by atoms with Crippen LogP contribution in [0.25, 0.3) is 0 Å². The SMILES string of the molecule is O=[N+]([O-])N1c2ccccc2CC1C1COCCN1. The maximum atomic E-state index is 11.3. The lowest BCUT2D eigenvalue weighted by Gasteiger charge is -2.30. The second kappa shape index (κ2) is 4.55. The van der Waals surface area contributed by atoms with Crippen molar-refractivity contribution in [1.29, 1.82) is 0 Å². The maximum absolute atomic E-state index is 11.3. The van der Waals surface area contributed by atoms with Gasteiger partial charge >= 0.3 is 0 Å². The van der Waals surface area contributed by atoms with Crippen molar-refractivity contribution in [1.82, 2.24) is 5.32 Å². The van der Waals surface area contributed by atoms with E-state index in [-0.39, 0.29) is 17.1 Å². The smallest absolute Gasteiger partial charge is 0.165 e. The van der Waals surface area contributed by atoms with Crippen LogP contribution >= 0.6 is 0 Å². The highest BCUT2D eigenvalue weighted by molar-refractivity contribution is 5.57. The lowest BCUT2D eigenvalue weighted by molar-refractivity contribution is -0.499. The average molecular weight is 249 g/mol. The van der Waals surface area contributed by atoms with Gasteiger partial charge in [0, 0.05) is 13.0 Å². The largest absolute Gasteiger partial charge is 0.378 e. The van der Waals surface area contributed by atoms with Gasteiger partial charge < -0.3 is 10.1 Å². The number of ether oxygens (including phenoxy) is 1. The Morgan fingerprint density at radius 3 is 3.00 bits per heavy atom. The summed E-state index contributed by atoms with van der Waals surface area (Å²) in [4.78, 5) is 11.3. The first-order valence-corrected chi connectivity index (χ1v) is 6.10. The Morgan fingerprint density at radius 2 is 2.28 bits per heavy atom. The molecule has 96 valence electrons. The average Bonchev–Trinajstić information content (AvgIpc) is 2.79. The molecular weight excluding hydrogens is 234 g/mol. The number of para-hydroxylation sites is 1. The molecule has 6 nitrogen and oxygen atoms in total. The van der Waals surface area contributed by atoms with Gasteiger partial charge in [-0.15, -0.1) is 0 Å².